The number of carboxylic acid groups (broad SMARTS) is 1. The average molecular weight is 286 g/mol. The number of aliphatic carboxylic acids is 1. The Labute approximate surface area is 118 Å². The van der Waals surface area contributed by atoms with Crippen molar-refractivity contribution in [1.82, 2.24) is 10.2 Å². The summed E-state index contributed by atoms with van der Waals surface area (Å²) in [6, 6.07) is -0.0247. The summed E-state index contributed by atoms with van der Waals surface area (Å²) < 4.78 is 0. The van der Waals surface area contributed by atoms with Crippen LogP contribution in [0.5, 0.6) is 0 Å². The van der Waals surface area contributed by atoms with Gasteiger partial charge in [-0.15, -0.1) is 0 Å². The van der Waals surface area contributed by atoms with Crippen LogP contribution in [0.25, 0.3) is 0 Å². The third kappa shape index (κ3) is 3.16. The van der Waals surface area contributed by atoms with Crippen LogP contribution in [0.2, 0.25) is 0 Å². The van der Waals surface area contributed by atoms with E-state index in [0.717, 1.165) is 37.2 Å². The number of hydrogen-bond donors (Lipinski definition) is 2. The lowest BCUT2D eigenvalue weighted by Crippen LogP contribution is -2.61. The second-order valence-corrected chi connectivity index (χ2v) is 6.70. The minimum atomic E-state index is -1.05. The summed E-state index contributed by atoms with van der Waals surface area (Å²) in [5.74, 6) is 1.19. The quantitative estimate of drug-likeness (QED) is 0.813. The van der Waals surface area contributed by atoms with E-state index in [1.807, 2.05) is 11.8 Å². The number of carbonyl (C=O) groups is 2. The fourth-order valence-corrected chi connectivity index (χ4v) is 3.85. The fourth-order valence-electron chi connectivity index (χ4n) is 2.78. The van der Waals surface area contributed by atoms with Gasteiger partial charge < -0.3 is 15.3 Å². The van der Waals surface area contributed by atoms with E-state index in [9.17, 15) is 14.7 Å². The van der Waals surface area contributed by atoms with Crippen LogP contribution in [0.4, 0.5) is 4.79 Å². The Morgan fingerprint density at radius 3 is 2.79 bits per heavy atom. The van der Waals surface area contributed by atoms with Gasteiger partial charge in [0.2, 0.25) is 0 Å². The van der Waals surface area contributed by atoms with Gasteiger partial charge in [0.05, 0.1) is 0 Å². The molecule has 5 nitrogen and oxygen atoms in total. The molecule has 2 amide bonds. The van der Waals surface area contributed by atoms with Crippen LogP contribution in [0.1, 0.15) is 39.0 Å². The molecule has 0 aromatic carbocycles. The van der Waals surface area contributed by atoms with Crippen molar-refractivity contribution in [3.8, 4) is 0 Å². The summed E-state index contributed by atoms with van der Waals surface area (Å²) in [5, 5.41) is 12.4. The zero-order valence-electron chi connectivity index (χ0n) is 11.4. The molecule has 2 unspecified atom stereocenters. The zero-order valence-corrected chi connectivity index (χ0v) is 12.2. The Bertz CT molecular complexity index is 358. The lowest BCUT2D eigenvalue weighted by molar-refractivity contribution is -0.150. The molecule has 2 fully saturated rings. The minimum absolute atomic E-state index is 0.186. The average Bonchev–Trinajstić information content (AvgIpc) is 2.40. The molecule has 19 heavy (non-hydrogen) atoms. The molecule has 2 aliphatic heterocycles. The van der Waals surface area contributed by atoms with Crippen LogP contribution >= 0.6 is 11.8 Å². The van der Waals surface area contributed by atoms with Gasteiger partial charge in [-0.25, -0.2) is 9.59 Å². The topological polar surface area (TPSA) is 69.6 Å². The van der Waals surface area contributed by atoms with Gasteiger partial charge in [-0.05, 0) is 44.8 Å². The van der Waals surface area contributed by atoms with Gasteiger partial charge in [0.15, 0.2) is 0 Å². The van der Waals surface area contributed by atoms with Gasteiger partial charge in [-0.2, -0.15) is 11.8 Å². The molecule has 0 saturated carbocycles. The van der Waals surface area contributed by atoms with Crippen molar-refractivity contribution in [1.29, 1.82) is 0 Å². The van der Waals surface area contributed by atoms with Crippen LogP contribution < -0.4 is 5.32 Å². The van der Waals surface area contributed by atoms with Crippen molar-refractivity contribution in [3.63, 3.8) is 0 Å². The lowest BCUT2D eigenvalue weighted by Gasteiger charge is -2.42. The summed E-state index contributed by atoms with van der Waals surface area (Å²) in [7, 11) is 0. The number of carboxylic acids is 1. The molecule has 0 aromatic rings. The molecule has 2 N–H and O–H groups in total. The molecule has 0 radical (unpaired) electrons. The normalized spacial score (nSPS) is 31.8. The monoisotopic (exact) mass is 286 g/mol. The Balaban J connectivity index is 2.01. The second-order valence-electron chi connectivity index (χ2n) is 5.55. The second kappa shape index (κ2) is 6.03. The van der Waals surface area contributed by atoms with E-state index in [2.05, 4.69) is 5.32 Å². The molecule has 0 spiro atoms. The van der Waals surface area contributed by atoms with E-state index >= 15 is 0 Å². The number of urea groups is 1. The fraction of sp³-hybridized carbons (Fsp3) is 0.846. The summed E-state index contributed by atoms with van der Waals surface area (Å²) in [5.41, 5.74) is -1.05. The van der Waals surface area contributed by atoms with Crippen molar-refractivity contribution in [2.75, 3.05) is 18.1 Å². The van der Waals surface area contributed by atoms with Crippen LogP contribution in [-0.4, -0.2) is 51.6 Å². The van der Waals surface area contributed by atoms with Gasteiger partial charge in [-0.3, -0.25) is 0 Å². The molecule has 2 aliphatic rings. The van der Waals surface area contributed by atoms with E-state index < -0.39 is 11.5 Å². The highest BCUT2D eigenvalue weighted by atomic mass is 32.2. The molecule has 0 aromatic heterocycles. The summed E-state index contributed by atoms with van der Waals surface area (Å²) in [6.45, 7) is 2.19. The number of hydrogen-bond acceptors (Lipinski definition) is 3. The predicted molar refractivity (Wildman–Crippen MR) is 75.5 cm³/mol. The van der Waals surface area contributed by atoms with E-state index in [-0.39, 0.29) is 12.1 Å². The Morgan fingerprint density at radius 2 is 2.16 bits per heavy atom. The first-order valence-electron chi connectivity index (χ1n) is 6.93. The maximum Gasteiger partial charge on any atom is 0.329 e. The van der Waals surface area contributed by atoms with Crippen molar-refractivity contribution >= 4 is 23.8 Å². The number of thioether (sulfide) groups is 1. The van der Waals surface area contributed by atoms with Gasteiger partial charge in [0.1, 0.15) is 5.54 Å². The van der Waals surface area contributed by atoms with E-state index in [1.165, 1.54) is 4.90 Å². The summed E-state index contributed by atoms with van der Waals surface area (Å²) in [4.78, 5) is 25.3. The van der Waals surface area contributed by atoms with E-state index in [4.69, 9.17) is 0 Å². The first-order chi connectivity index (χ1) is 9.04. The number of rotatable bonds is 2. The molecule has 0 aliphatic carbocycles. The minimum Gasteiger partial charge on any atom is -0.480 e. The number of likely N-dealkylation sites (tertiary alicyclic amines) is 1. The molecule has 108 valence electrons. The van der Waals surface area contributed by atoms with Crippen LogP contribution in [0, 0.1) is 0 Å². The number of nitrogens with one attached hydrogen (secondary N) is 1. The van der Waals surface area contributed by atoms with Crippen LogP contribution in [-0.2, 0) is 4.79 Å². The van der Waals surface area contributed by atoms with Crippen molar-refractivity contribution < 1.29 is 14.7 Å². The molecule has 2 saturated heterocycles. The lowest BCUT2D eigenvalue weighted by atomic mass is 9.89. The highest BCUT2D eigenvalue weighted by molar-refractivity contribution is 7.99. The third-order valence-corrected chi connectivity index (χ3v) is 5.30. The van der Waals surface area contributed by atoms with Gasteiger partial charge >= 0.3 is 12.0 Å². The van der Waals surface area contributed by atoms with E-state index in [1.54, 1.807) is 6.92 Å². The predicted octanol–water partition coefficient (Wildman–Crippen LogP) is 1.92. The van der Waals surface area contributed by atoms with Crippen molar-refractivity contribution in [2.45, 2.75) is 50.6 Å². The molecule has 2 atom stereocenters. The van der Waals surface area contributed by atoms with Gasteiger partial charge in [0, 0.05) is 18.3 Å². The van der Waals surface area contributed by atoms with Crippen LogP contribution in [0.15, 0.2) is 0 Å². The Hall–Kier alpha value is -0.910. The molecule has 2 rings (SSSR count). The van der Waals surface area contributed by atoms with E-state index in [0.29, 0.717) is 13.0 Å². The Morgan fingerprint density at radius 1 is 1.37 bits per heavy atom. The molecule has 0 bridgehead atoms. The maximum atomic E-state index is 12.3. The first kappa shape index (κ1) is 14.5. The van der Waals surface area contributed by atoms with Crippen molar-refractivity contribution in [2.24, 2.45) is 0 Å². The number of nitrogens with zero attached hydrogens (tertiary/aromatic N) is 1. The number of amides is 2. The van der Waals surface area contributed by atoms with Crippen molar-refractivity contribution in [3.05, 3.63) is 0 Å². The smallest absolute Gasteiger partial charge is 0.329 e. The first-order valence-corrected chi connectivity index (χ1v) is 8.09. The Kier molecular flexibility index (Phi) is 4.60. The third-order valence-electron chi connectivity index (χ3n) is 4.08. The van der Waals surface area contributed by atoms with Gasteiger partial charge in [0.25, 0.3) is 0 Å². The summed E-state index contributed by atoms with van der Waals surface area (Å²) >= 11 is 1.85. The molecular weight excluding hydrogens is 264 g/mol. The number of carbonyl (C=O) groups excluding carboxylic acids is 1. The number of piperidine rings is 1. The maximum absolute atomic E-state index is 12.3. The SMILES string of the molecule is CC1(C(=O)O)CCCCN1C(=O)NC1CCCSC1. The zero-order chi connectivity index (χ0) is 13.9. The highest BCUT2D eigenvalue weighted by Gasteiger charge is 2.44. The molecular formula is C13H22N2O3S. The molecule has 2 heterocycles. The van der Waals surface area contributed by atoms with Crippen LogP contribution in [0.3, 0.4) is 0 Å². The largest absolute Gasteiger partial charge is 0.480 e. The summed E-state index contributed by atoms with van der Waals surface area (Å²) in [6.07, 6.45) is 4.40. The standard InChI is InChI=1S/C13H22N2O3S/c1-13(11(16)17)6-2-3-7-15(13)12(18)14-10-5-4-8-19-9-10/h10H,2-9H2,1H3,(H,14,18)(H,16,17). The van der Waals surface area contributed by atoms with Gasteiger partial charge in [-0.1, -0.05) is 0 Å². The molecule has 6 heteroatoms. The highest BCUT2D eigenvalue weighted by Crippen LogP contribution is 2.28.